The molecule has 0 saturated carbocycles. The summed E-state index contributed by atoms with van der Waals surface area (Å²) in [5.41, 5.74) is 1.31. The van der Waals surface area contributed by atoms with Gasteiger partial charge in [0.2, 0.25) is 5.91 Å². The van der Waals surface area contributed by atoms with E-state index in [0.29, 0.717) is 0 Å². The van der Waals surface area contributed by atoms with E-state index < -0.39 is 59.4 Å². The summed E-state index contributed by atoms with van der Waals surface area (Å²) in [6.45, 7) is 1.43. The number of aliphatic hydroxyl groups is 1. The van der Waals surface area contributed by atoms with E-state index in [2.05, 4.69) is 10.7 Å². The van der Waals surface area contributed by atoms with E-state index in [0.717, 1.165) is 23.2 Å². The van der Waals surface area contributed by atoms with Crippen LogP contribution in [0.5, 0.6) is 0 Å². The highest BCUT2D eigenvalue weighted by atomic mass is 35.5. The van der Waals surface area contributed by atoms with Crippen LogP contribution in [0, 0.1) is 5.92 Å². The van der Waals surface area contributed by atoms with Crippen LogP contribution in [0.15, 0.2) is 18.2 Å². The average molecular weight is 433 g/mol. The molecule has 28 heavy (non-hydrogen) atoms. The van der Waals surface area contributed by atoms with Gasteiger partial charge in [0.05, 0.1) is 22.7 Å². The number of carbonyl (C=O) groups is 1. The van der Waals surface area contributed by atoms with Crippen molar-refractivity contribution in [3.8, 4) is 0 Å². The van der Waals surface area contributed by atoms with Gasteiger partial charge in [-0.2, -0.15) is 26.3 Å². The van der Waals surface area contributed by atoms with E-state index in [4.69, 9.17) is 11.6 Å². The molecule has 1 aromatic rings. The monoisotopic (exact) mass is 432 g/mol. The van der Waals surface area contributed by atoms with Crippen LogP contribution in [0.2, 0.25) is 5.02 Å². The van der Waals surface area contributed by atoms with Crippen LogP contribution in [0.1, 0.15) is 24.1 Å². The Morgan fingerprint density at radius 1 is 1.21 bits per heavy atom. The van der Waals surface area contributed by atoms with Crippen molar-refractivity contribution in [2.24, 2.45) is 5.92 Å². The molecule has 0 bridgehead atoms. The topological polar surface area (TPSA) is 76.6 Å². The van der Waals surface area contributed by atoms with Gasteiger partial charge in [-0.3, -0.25) is 10.1 Å². The first-order valence-corrected chi connectivity index (χ1v) is 8.41. The predicted molar refractivity (Wildman–Crippen MR) is 84.2 cm³/mol. The molecule has 5 atom stereocenters. The number of alkyl halides is 6. The molecule has 0 aromatic heterocycles. The van der Waals surface area contributed by atoms with Gasteiger partial charge in [0.1, 0.15) is 6.04 Å². The van der Waals surface area contributed by atoms with E-state index in [9.17, 15) is 36.2 Å². The zero-order chi connectivity index (χ0) is 21.0. The fourth-order valence-corrected chi connectivity index (χ4v) is 3.70. The van der Waals surface area contributed by atoms with Crippen LogP contribution in [0.4, 0.5) is 26.3 Å². The lowest BCUT2D eigenvalue weighted by atomic mass is 9.95. The maximum Gasteiger partial charge on any atom is 0.417 e. The van der Waals surface area contributed by atoms with Gasteiger partial charge in [0.15, 0.2) is 6.35 Å². The lowest BCUT2D eigenvalue weighted by Crippen LogP contribution is -2.65. The first kappa shape index (κ1) is 21.1. The molecule has 2 fully saturated rings. The standard InChI is InChI=1S/C15H15ClF6N4O2/c1-5(6-2-3-7(8(16)4-6)14(17,18)19)26-11-9(10(25-26)15(20,21)22)12(27)24-13(28)23-11/h2-5,9-11,13,23,25,28H,1H3,(H,24,27). The third-order valence-corrected chi connectivity index (χ3v) is 5.06. The van der Waals surface area contributed by atoms with Crippen LogP contribution in [-0.4, -0.2) is 40.8 Å². The number of benzene rings is 1. The molecule has 2 saturated heterocycles. The molecule has 156 valence electrons. The molecule has 2 aliphatic rings. The van der Waals surface area contributed by atoms with Crippen molar-refractivity contribution in [2.45, 2.75) is 43.9 Å². The van der Waals surface area contributed by atoms with Crippen molar-refractivity contribution in [1.29, 1.82) is 0 Å². The highest BCUT2D eigenvalue weighted by Gasteiger charge is 2.60. The molecule has 1 aromatic carbocycles. The number of fused-ring (bicyclic) bond motifs is 1. The molecule has 4 N–H and O–H groups in total. The van der Waals surface area contributed by atoms with Crippen LogP contribution in [-0.2, 0) is 11.0 Å². The van der Waals surface area contributed by atoms with Crippen LogP contribution in [0.3, 0.4) is 0 Å². The molecule has 0 spiro atoms. The summed E-state index contributed by atoms with van der Waals surface area (Å²) in [5, 5.41) is 14.5. The quantitative estimate of drug-likeness (QED) is 0.539. The molecule has 5 unspecified atom stereocenters. The van der Waals surface area contributed by atoms with E-state index in [1.807, 2.05) is 5.32 Å². The zero-order valence-corrected chi connectivity index (χ0v) is 14.8. The highest BCUT2D eigenvalue weighted by Crippen LogP contribution is 2.40. The number of hydrogen-bond donors (Lipinski definition) is 4. The third-order valence-electron chi connectivity index (χ3n) is 4.75. The van der Waals surface area contributed by atoms with E-state index in [-0.39, 0.29) is 5.56 Å². The Kier molecular flexibility index (Phi) is 5.30. The minimum atomic E-state index is -4.78. The summed E-state index contributed by atoms with van der Waals surface area (Å²) in [5.74, 6) is -2.62. The number of nitrogens with one attached hydrogen (secondary N) is 3. The Morgan fingerprint density at radius 2 is 1.86 bits per heavy atom. The van der Waals surface area contributed by atoms with Crippen LogP contribution in [0.25, 0.3) is 0 Å². The smallest absolute Gasteiger partial charge is 0.361 e. The Morgan fingerprint density at radius 3 is 2.39 bits per heavy atom. The van der Waals surface area contributed by atoms with E-state index in [1.54, 1.807) is 0 Å². The Labute approximate surface area is 159 Å². The second-order valence-electron chi connectivity index (χ2n) is 6.52. The Hall–Kier alpha value is -1.60. The Balaban J connectivity index is 1.93. The second-order valence-corrected chi connectivity index (χ2v) is 6.92. The van der Waals surface area contributed by atoms with Crippen LogP contribution >= 0.6 is 11.6 Å². The number of hydrogen-bond acceptors (Lipinski definition) is 5. The molecule has 3 rings (SSSR count). The molecule has 0 radical (unpaired) electrons. The fraction of sp³-hybridized carbons (Fsp3) is 0.533. The molecular weight excluding hydrogens is 418 g/mol. The maximum atomic E-state index is 13.4. The number of rotatable bonds is 2. The lowest BCUT2D eigenvalue weighted by Gasteiger charge is -2.37. The molecule has 0 aliphatic carbocycles. The first-order valence-electron chi connectivity index (χ1n) is 8.03. The lowest BCUT2D eigenvalue weighted by molar-refractivity contribution is -0.172. The van der Waals surface area contributed by atoms with Crippen molar-refractivity contribution >= 4 is 17.5 Å². The average Bonchev–Trinajstić information content (AvgIpc) is 2.92. The summed E-state index contributed by atoms with van der Waals surface area (Å²) in [4.78, 5) is 12.0. The summed E-state index contributed by atoms with van der Waals surface area (Å²) in [6, 6.07) is -0.323. The zero-order valence-electron chi connectivity index (χ0n) is 14.1. The minimum Gasteiger partial charge on any atom is -0.361 e. The van der Waals surface area contributed by atoms with Gasteiger partial charge in [-0.25, -0.2) is 10.4 Å². The number of hydrazine groups is 1. The van der Waals surface area contributed by atoms with E-state index in [1.165, 1.54) is 6.92 Å². The van der Waals surface area contributed by atoms with Crippen LogP contribution < -0.4 is 16.1 Å². The molecular formula is C15H15ClF6N4O2. The predicted octanol–water partition coefficient (Wildman–Crippen LogP) is 2.11. The third kappa shape index (κ3) is 3.79. The number of aliphatic hydroxyl groups excluding tert-OH is 1. The van der Waals surface area contributed by atoms with Crippen molar-refractivity contribution < 1.29 is 36.2 Å². The van der Waals surface area contributed by atoms with Gasteiger partial charge in [-0.15, -0.1) is 0 Å². The number of carbonyl (C=O) groups excluding carboxylic acids is 1. The fourth-order valence-electron chi connectivity index (χ4n) is 3.40. The van der Waals surface area contributed by atoms with Crippen molar-refractivity contribution in [3.63, 3.8) is 0 Å². The normalized spacial score (nSPS) is 30.1. The van der Waals surface area contributed by atoms with Gasteiger partial charge < -0.3 is 10.4 Å². The largest absolute Gasteiger partial charge is 0.417 e. The van der Waals surface area contributed by atoms with Gasteiger partial charge >= 0.3 is 12.4 Å². The van der Waals surface area contributed by atoms with Gasteiger partial charge in [-0.05, 0) is 24.6 Å². The first-order chi connectivity index (χ1) is 12.8. The number of nitrogens with zero attached hydrogens (tertiary/aromatic N) is 1. The summed E-state index contributed by atoms with van der Waals surface area (Å²) >= 11 is 5.69. The Bertz CT molecular complexity index is 774. The summed E-state index contributed by atoms with van der Waals surface area (Å²) < 4.78 is 78.7. The maximum absolute atomic E-state index is 13.4. The van der Waals surface area contributed by atoms with Gasteiger partial charge in [0, 0.05) is 6.04 Å². The molecule has 2 heterocycles. The SMILES string of the molecule is CC(c1ccc(C(F)(F)F)c(Cl)c1)N1NC(C(F)(F)F)C2C(=O)NC(O)NC21. The van der Waals surface area contributed by atoms with Crippen molar-refractivity contribution in [3.05, 3.63) is 34.3 Å². The summed E-state index contributed by atoms with van der Waals surface area (Å²) in [7, 11) is 0. The molecule has 2 aliphatic heterocycles. The molecule has 6 nitrogen and oxygen atoms in total. The number of halogens is 7. The van der Waals surface area contributed by atoms with Crippen molar-refractivity contribution in [1.82, 2.24) is 21.1 Å². The second kappa shape index (κ2) is 7.02. The van der Waals surface area contributed by atoms with Gasteiger partial charge in [0.25, 0.3) is 0 Å². The number of amides is 1. The van der Waals surface area contributed by atoms with E-state index >= 15 is 0 Å². The molecule has 13 heteroatoms. The highest BCUT2D eigenvalue weighted by molar-refractivity contribution is 6.31. The summed E-state index contributed by atoms with van der Waals surface area (Å²) in [6.07, 6.45) is -12.3. The minimum absolute atomic E-state index is 0.189. The molecule has 1 amide bonds. The van der Waals surface area contributed by atoms with Crippen molar-refractivity contribution in [2.75, 3.05) is 0 Å². The van der Waals surface area contributed by atoms with Gasteiger partial charge in [-0.1, -0.05) is 17.7 Å².